The fourth-order valence-corrected chi connectivity index (χ4v) is 2.35. The van der Waals surface area contributed by atoms with Crippen LogP contribution in [0.1, 0.15) is 29.1 Å². The third kappa shape index (κ3) is 3.03. The third-order valence-electron chi connectivity index (χ3n) is 3.65. The molecule has 0 spiro atoms. The van der Waals surface area contributed by atoms with E-state index < -0.39 is 23.6 Å². The Morgan fingerprint density at radius 1 is 1.08 bits per heavy atom. The summed E-state index contributed by atoms with van der Waals surface area (Å²) in [7, 11) is 0. The van der Waals surface area contributed by atoms with Gasteiger partial charge in [0.1, 0.15) is 5.58 Å². The summed E-state index contributed by atoms with van der Waals surface area (Å²) in [5.74, 6) is -2.72. The fraction of sp³-hybridized carbons (Fsp3) is 0.111. The number of hydrogen-bond acceptors (Lipinski definition) is 3. The maximum absolute atomic E-state index is 13.3. The number of carbonyl (C=O) groups is 1. The SMILES string of the molecule is CC(NC(=O)c1cc(=O)c2ccccc2o1)c1ccc(F)c(F)c1. The number of benzene rings is 2. The van der Waals surface area contributed by atoms with Gasteiger partial charge in [0.25, 0.3) is 5.91 Å². The molecule has 4 nitrogen and oxygen atoms in total. The van der Waals surface area contributed by atoms with Crippen LogP contribution < -0.4 is 10.7 Å². The molecule has 0 bridgehead atoms. The number of carbonyl (C=O) groups excluding carboxylic acids is 1. The lowest BCUT2D eigenvalue weighted by atomic mass is 10.1. The highest BCUT2D eigenvalue weighted by Crippen LogP contribution is 2.17. The van der Waals surface area contributed by atoms with Crippen molar-refractivity contribution in [3.8, 4) is 0 Å². The van der Waals surface area contributed by atoms with Gasteiger partial charge in [0, 0.05) is 6.07 Å². The van der Waals surface area contributed by atoms with Gasteiger partial charge in [-0.1, -0.05) is 18.2 Å². The quantitative estimate of drug-likeness (QED) is 0.799. The Bertz CT molecular complexity index is 981. The summed E-state index contributed by atoms with van der Waals surface area (Å²) in [6.45, 7) is 1.61. The van der Waals surface area contributed by atoms with E-state index in [9.17, 15) is 18.4 Å². The third-order valence-corrected chi connectivity index (χ3v) is 3.65. The molecule has 3 rings (SSSR count). The number of hydrogen-bond donors (Lipinski definition) is 1. The van der Waals surface area contributed by atoms with Crippen molar-refractivity contribution in [3.63, 3.8) is 0 Å². The van der Waals surface area contributed by atoms with Crippen molar-refractivity contribution < 1.29 is 18.0 Å². The summed E-state index contributed by atoms with van der Waals surface area (Å²) in [6, 6.07) is 10.5. The first-order valence-electron chi connectivity index (χ1n) is 7.24. The molecule has 0 saturated carbocycles. The van der Waals surface area contributed by atoms with Crippen LogP contribution >= 0.6 is 0 Å². The van der Waals surface area contributed by atoms with E-state index in [0.29, 0.717) is 16.5 Å². The molecule has 2 aromatic carbocycles. The molecule has 6 heteroatoms. The second-order valence-corrected chi connectivity index (χ2v) is 5.34. The van der Waals surface area contributed by atoms with Gasteiger partial charge in [-0.2, -0.15) is 0 Å². The smallest absolute Gasteiger partial charge is 0.287 e. The van der Waals surface area contributed by atoms with Crippen molar-refractivity contribution >= 4 is 16.9 Å². The van der Waals surface area contributed by atoms with Crippen molar-refractivity contribution in [2.24, 2.45) is 0 Å². The average Bonchev–Trinajstić information content (AvgIpc) is 2.57. The molecule has 1 atom stereocenters. The molecule has 1 aromatic heterocycles. The summed E-state index contributed by atoms with van der Waals surface area (Å²) in [5.41, 5.74) is 0.364. The molecule has 122 valence electrons. The van der Waals surface area contributed by atoms with Crippen LogP contribution in [0.25, 0.3) is 11.0 Å². The summed E-state index contributed by atoms with van der Waals surface area (Å²) >= 11 is 0. The topological polar surface area (TPSA) is 59.3 Å². The first kappa shape index (κ1) is 15.9. The van der Waals surface area contributed by atoms with Crippen LogP contribution in [0.5, 0.6) is 0 Å². The fourth-order valence-electron chi connectivity index (χ4n) is 2.35. The standard InChI is InChI=1S/C18H13F2NO3/c1-10(11-6-7-13(19)14(20)8-11)21-18(23)17-9-15(22)12-4-2-3-5-16(12)24-17/h2-10H,1H3,(H,21,23). The van der Waals surface area contributed by atoms with Gasteiger partial charge >= 0.3 is 0 Å². The molecule has 0 aliphatic rings. The summed E-state index contributed by atoms with van der Waals surface area (Å²) < 4.78 is 31.7. The largest absolute Gasteiger partial charge is 0.451 e. The second kappa shape index (κ2) is 6.23. The van der Waals surface area contributed by atoms with Crippen molar-refractivity contribution in [1.82, 2.24) is 5.32 Å². The van der Waals surface area contributed by atoms with E-state index in [1.807, 2.05) is 0 Å². The number of nitrogens with one attached hydrogen (secondary N) is 1. The minimum absolute atomic E-state index is 0.145. The molecule has 1 unspecified atom stereocenters. The zero-order valence-electron chi connectivity index (χ0n) is 12.7. The predicted octanol–water partition coefficient (Wildman–Crippen LogP) is 3.56. The molecule has 1 amide bonds. The lowest BCUT2D eigenvalue weighted by Crippen LogP contribution is -2.27. The normalized spacial score (nSPS) is 12.1. The number of rotatable bonds is 3. The molecule has 0 aliphatic heterocycles. The number of para-hydroxylation sites is 1. The molecule has 3 aromatic rings. The van der Waals surface area contributed by atoms with E-state index in [-0.39, 0.29) is 11.2 Å². The van der Waals surface area contributed by atoms with Gasteiger partial charge in [0.05, 0.1) is 11.4 Å². The molecule has 0 fully saturated rings. The van der Waals surface area contributed by atoms with E-state index >= 15 is 0 Å². The van der Waals surface area contributed by atoms with Crippen LogP contribution in [0.4, 0.5) is 8.78 Å². The van der Waals surface area contributed by atoms with Gasteiger partial charge in [-0.15, -0.1) is 0 Å². The predicted molar refractivity (Wildman–Crippen MR) is 84.7 cm³/mol. The first-order chi connectivity index (χ1) is 11.5. The van der Waals surface area contributed by atoms with E-state index in [1.165, 1.54) is 6.07 Å². The Labute approximate surface area is 135 Å². The van der Waals surface area contributed by atoms with Crippen LogP contribution in [0.15, 0.2) is 57.7 Å². The van der Waals surface area contributed by atoms with Gasteiger partial charge in [0.15, 0.2) is 22.8 Å². The minimum atomic E-state index is -0.995. The molecule has 0 aliphatic carbocycles. The minimum Gasteiger partial charge on any atom is -0.451 e. The van der Waals surface area contributed by atoms with Gasteiger partial charge in [0.2, 0.25) is 0 Å². The van der Waals surface area contributed by atoms with Crippen LogP contribution in [0, 0.1) is 11.6 Å². The Hall–Kier alpha value is -3.02. The van der Waals surface area contributed by atoms with Crippen LogP contribution in [-0.2, 0) is 0 Å². The Morgan fingerprint density at radius 2 is 1.83 bits per heavy atom. The molecule has 0 saturated heterocycles. The van der Waals surface area contributed by atoms with Gasteiger partial charge in [-0.25, -0.2) is 8.78 Å². The van der Waals surface area contributed by atoms with E-state index in [1.54, 1.807) is 31.2 Å². The Kier molecular flexibility index (Phi) is 4.12. The summed E-state index contributed by atoms with van der Waals surface area (Å²) in [4.78, 5) is 24.3. The van der Waals surface area contributed by atoms with Crippen LogP contribution in [0.2, 0.25) is 0 Å². The molecular formula is C18H13F2NO3. The zero-order valence-corrected chi connectivity index (χ0v) is 12.7. The van der Waals surface area contributed by atoms with Crippen LogP contribution in [-0.4, -0.2) is 5.91 Å². The first-order valence-corrected chi connectivity index (χ1v) is 7.24. The number of halogens is 2. The Balaban J connectivity index is 1.86. The molecular weight excluding hydrogens is 316 g/mol. The number of amides is 1. The zero-order chi connectivity index (χ0) is 17.3. The lowest BCUT2D eigenvalue weighted by Gasteiger charge is -2.14. The highest BCUT2D eigenvalue weighted by atomic mass is 19.2. The van der Waals surface area contributed by atoms with E-state index in [2.05, 4.69) is 5.32 Å². The highest BCUT2D eigenvalue weighted by molar-refractivity contribution is 5.93. The van der Waals surface area contributed by atoms with E-state index in [0.717, 1.165) is 18.2 Å². The van der Waals surface area contributed by atoms with Crippen molar-refractivity contribution in [1.29, 1.82) is 0 Å². The molecule has 1 heterocycles. The monoisotopic (exact) mass is 329 g/mol. The summed E-state index contributed by atoms with van der Waals surface area (Å²) in [5, 5.41) is 2.97. The van der Waals surface area contributed by atoms with Gasteiger partial charge in [-0.3, -0.25) is 9.59 Å². The van der Waals surface area contributed by atoms with Gasteiger partial charge < -0.3 is 9.73 Å². The molecule has 0 radical (unpaired) electrons. The van der Waals surface area contributed by atoms with Crippen molar-refractivity contribution in [3.05, 3.63) is 81.7 Å². The lowest BCUT2D eigenvalue weighted by molar-refractivity contribution is 0.0912. The molecule has 1 N–H and O–H groups in total. The number of fused-ring (bicyclic) bond motifs is 1. The molecule has 24 heavy (non-hydrogen) atoms. The highest BCUT2D eigenvalue weighted by Gasteiger charge is 2.16. The Morgan fingerprint density at radius 3 is 2.58 bits per heavy atom. The van der Waals surface area contributed by atoms with Crippen molar-refractivity contribution in [2.45, 2.75) is 13.0 Å². The maximum atomic E-state index is 13.3. The van der Waals surface area contributed by atoms with E-state index in [4.69, 9.17) is 4.42 Å². The second-order valence-electron chi connectivity index (χ2n) is 5.34. The van der Waals surface area contributed by atoms with Crippen LogP contribution in [0.3, 0.4) is 0 Å². The summed E-state index contributed by atoms with van der Waals surface area (Å²) in [6.07, 6.45) is 0. The van der Waals surface area contributed by atoms with Gasteiger partial charge in [-0.05, 0) is 36.8 Å². The average molecular weight is 329 g/mol. The maximum Gasteiger partial charge on any atom is 0.287 e. The van der Waals surface area contributed by atoms with Crippen molar-refractivity contribution in [2.75, 3.05) is 0 Å².